The lowest BCUT2D eigenvalue weighted by Crippen LogP contribution is -2.23. The van der Waals surface area contributed by atoms with E-state index in [0.29, 0.717) is 12.1 Å². The van der Waals surface area contributed by atoms with Gasteiger partial charge in [-0.15, -0.1) is 0 Å². The molecule has 92 valence electrons. The summed E-state index contributed by atoms with van der Waals surface area (Å²) < 4.78 is 2.01. The van der Waals surface area contributed by atoms with Crippen LogP contribution in [0.15, 0.2) is 35.5 Å². The van der Waals surface area contributed by atoms with Gasteiger partial charge in [0, 0.05) is 23.6 Å². The lowest BCUT2D eigenvalue weighted by molar-refractivity contribution is 0.100. The van der Waals surface area contributed by atoms with Crippen LogP contribution in [0.2, 0.25) is 0 Å². The summed E-state index contributed by atoms with van der Waals surface area (Å²) in [6.45, 7) is 2.35. The highest BCUT2D eigenvalue weighted by Crippen LogP contribution is 2.20. The summed E-state index contributed by atoms with van der Waals surface area (Å²) in [4.78, 5) is 15.8. The number of rotatable bonds is 3. The third-order valence-electron chi connectivity index (χ3n) is 3.12. The average Bonchev–Trinajstić information content (AvgIpc) is 2.98. The molecule has 18 heavy (non-hydrogen) atoms. The van der Waals surface area contributed by atoms with Crippen LogP contribution in [-0.4, -0.2) is 29.4 Å². The monoisotopic (exact) mass is 242 g/mol. The van der Waals surface area contributed by atoms with Gasteiger partial charge in [0.15, 0.2) is 0 Å². The van der Waals surface area contributed by atoms with Crippen molar-refractivity contribution in [2.75, 3.05) is 13.1 Å². The Morgan fingerprint density at radius 2 is 2.28 bits per heavy atom. The number of para-hydroxylation sites is 1. The molecule has 0 spiro atoms. The minimum Gasteiger partial charge on any atom is -0.370 e. The fourth-order valence-electron chi connectivity index (χ4n) is 2.29. The number of nitrogens with one attached hydrogen (secondary N) is 1. The molecular formula is C13H14N4O. The summed E-state index contributed by atoms with van der Waals surface area (Å²) in [6.07, 6.45) is 1.80. The van der Waals surface area contributed by atoms with Gasteiger partial charge in [-0.2, -0.15) is 0 Å². The Hall–Kier alpha value is -2.30. The first-order valence-electron chi connectivity index (χ1n) is 5.90. The quantitative estimate of drug-likeness (QED) is 0.833. The molecule has 1 aliphatic heterocycles. The number of amidine groups is 1. The average molecular weight is 242 g/mol. The van der Waals surface area contributed by atoms with Crippen molar-refractivity contribution in [3.8, 4) is 0 Å². The number of fused-ring (bicyclic) bond motifs is 1. The molecule has 2 heterocycles. The zero-order chi connectivity index (χ0) is 12.5. The van der Waals surface area contributed by atoms with Crippen LogP contribution in [0.3, 0.4) is 0 Å². The molecule has 5 nitrogen and oxygen atoms in total. The molecule has 1 amide bonds. The number of amides is 1. The SMILES string of the molecule is NC(=O)c1cn(CC2=NCCN2)c2ccccc12. The van der Waals surface area contributed by atoms with E-state index in [-0.39, 0.29) is 0 Å². The molecule has 5 heteroatoms. The van der Waals surface area contributed by atoms with Gasteiger partial charge in [-0.25, -0.2) is 0 Å². The number of hydrogen-bond donors (Lipinski definition) is 2. The number of primary amides is 1. The Morgan fingerprint density at radius 1 is 1.44 bits per heavy atom. The van der Waals surface area contributed by atoms with Crippen molar-refractivity contribution in [1.82, 2.24) is 9.88 Å². The summed E-state index contributed by atoms with van der Waals surface area (Å²) in [5.41, 5.74) is 6.97. The van der Waals surface area contributed by atoms with E-state index in [1.165, 1.54) is 0 Å². The number of carbonyl (C=O) groups excluding carboxylic acids is 1. The zero-order valence-electron chi connectivity index (χ0n) is 9.89. The Balaban J connectivity index is 2.08. The standard InChI is InChI=1S/C13H14N4O/c14-13(18)10-7-17(8-12-15-5-6-16-12)11-4-2-1-3-9(10)11/h1-4,7H,5-6,8H2,(H2,14,18)(H,15,16). The fraction of sp³-hybridized carbons (Fsp3) is 0.231. The molecule has 0 aliphatic carbocycles. The third-order valence-corrected chi connectivity index (χ3v) is 3.12. The van der Waals surface area contributed by atoms with E-state index in [0.717, 1.165) is 29.8 Å². The normalized spacial score (nSPS) is 14.6. The largest absolute Gasteiger partial charge is 0.370 e. The van der Waals surface area contributed by atoms with Gasteiger partial charge in [-0.1, -0.05) is 18.2 Å². The van der Waals surface area contributed by atoms with Crippen molar-refractivity contribution in [3.05, 3.63) is 36.0 Å². The van der Waals surface area contributed by atoms with Gasteiger partial charge < -0.3 is 15.6 Å². The van der Waals surface area contributed by atoms with E-state index in [4.69, 9.17) is 5.73 Å². The van der Waals surface area contributed by atoms with Gasteiger partial charge in [0.05, 0.1) is 18.7 Å². The Bertz CT molecular complexity index is 641. The molecule has 3 N–H and O–H groups in total. The van der Waals surface area contributed by atoms with E-state index < -0.39 is 5.91 Å². The minimum atomic E-state index is -0.397. The molecule has 2 aromatic rings. The molecule has 0 atom stereocenters. The van der Waals surface area contributed by atoms with Crippen molar-refractivity contribution < 1.29 is 4.79 Å². The molecule has 1 aliphatic rings. The Labute approximate surface area is 104 Å². The second-order valence-electron chi connectivity index (χ2n) is 4.31. The maximum absolute atomic E-state index is 11.4. The van der Waals surface area contributed by atoms with E-state index in [1.807, 2.05) is 28.8 Å². The molecule has 0 radical (unpaired) electrons. The number of carbonyl (C=O) groups is 1. The second-order valence-corrected chi connectivity index (χ2v) is 4.31. The number of aliphatic imine (C=N–C) groups is 1. The molecule has 0 fully saturated rings. The first-order valence-corrected chi connectivity index (χ1v) is 5.90. The summed E-state index contributed by atoms with van der Waals surface area (Å²) in [5, 5.41) is 4.11. The summed E-state index contributed by atoms with van der Waals surface area (Å²) in [7, 11) is 0. The molecule has 3 rings (SSSR count). The molecule has 1 aromatic heterocycles. The third kappa shape index (κ3) is 1.73. The van der Waals surface area contributed by atoms with Crippen molar-refractivity contribution in [2.24, 2.45) is 10.7 Å². The number of benzene rings is 1. The predicted molar refractivity (Wildman–Crippen MR) is 70.8 cm³/mol. The van der Waals surface area contributed by atoms with Gasteiger partial charge in [0.2, 0.25) is 0 Å². The fourth-order valence-corrected chi connectivity index (χ4v) is 2.29. The topological polar surface area (TPSA) is 72.4 Å². The molecule has 1 aromatic carbocycles. The van der Waals surface area contributed by atoms with Crippen LogP contribution in [0, 0.1) is 0 Å². The van der Waals surface area contributed by atoms with Crippen molar-refractivity contribution in [1.29, 1.82) is 0 Å². The highest BCUT2D eigenvalue weighted by molar-refractivity contribution is 6.06. The molecule has 0 saturated carbocycles. The van der Waals surface area contributed by atoms with E-state index in [9.17, 15) is 4.79 Å². The smallest absolute Gasteiger partial charge is 0.250 e. The first-order chi connectivity index (χ1) is 8.75. The van der Waals surface area contributed by atoms with Crippen molar-refractivity contribution >= 4 is 22.6 Å². The molecular weight excluding hydrogens is 228 g/mol. The van der Waals surface area contributed by atoms with Gasteiger partial charge in [0.1, 0.15) is 5.84 Å². The number of nitrogens with two attached hydrogens (primary N) is 1. The summed E-state index contributed by atoms with van der Waals surface area (Å²) in [6, 6.07) is 7.76. The second kappa shape index (κ2) is 4.18. The van der Waals surface area contributed by atoms with Crippen molar-refractivity contribution in [3.63, 3.8) is 0 Å². The van der Waals surface area contributed by atoms with E-state index in [2.05, 4.69) is 10.3 Å². The lowest BCUT2D eigenvalue weighted by Gasteiger charge is -2.05. The molecule has 0 bridgehead atoms. The van der Waals surface area contributed by atoms with Gasteiger partial charge in [0.25, 0.3) is 5.91 Å². The Morgan fingerprint density at radius 3 is 3.00 bits per heavy atom. The zero-order valence-corrected chi connectivity index (χ0v) is 9.89. The van der Waals surface area contributed by atoms with Gasteiger partial charge in [-0.3, -0.25) is 9.79 Å². The van der Waals surface area contributed by atoms with Gasteiger partial charge in [-0.05, 0) is 6.07 Å². The van der Waals surface area contributed by atoms with E-state index >= 15 is 0 Å². The van der Waals surface area contributed by atoms with Gasteiger partial charge >= 0.3 is 0 Å². The van der Waals surface area contributed by atoms with Crippen LogP contribution >= 0.6 is 0 Å². The van der Waals surface area contributed by atoms with Crippen LogP contribution in [-0.2, 0) is 6.54 Å². The van der Waals surface area contributed by atoms with Crippen LogP contribution in [0.5, 0.6) is 0 Å². The Kier molecular flexibility index (Phi) is 2.51. The number of nitrogens with zero attached hydrogens (tertiary/aromatic N) is 2. The first kappa shape index (κ1) is 10.8. The van der Waals surface area contributed by atoms with Crippen LogP contribution in [0.4, 0.5) is 0 Å². The summed E-state index contributed by atoms with van der Waals surface area (Å²) >= 11 is 0. The van der Waals surface area contributed by atoms with Crippen LogP contribution < -0.4 is 11.1 Å². The highest BCUT2D eigenvalue weighted by Gasteiger charge is 2.14. The maximum atomic E-state index is 11.4. The number of hydrogen-bond acceptors (Lipinski definition) is 3. The van der Waals surface area contributed by atoms with Crippen molar-refractivity contribution in [2.45, 2.75) is 6.54 Å². The molecule has 0 unspecified atom stereocenters. The maximum Gasteiger partial charge on any atom is 0.250 e. The van der Waals surface area contributed by atoms with E-state index in [1.54, 1.807) is 6.20 Å². The van der Waals surface area contributed by atoms with Crippen LogP contribution in [0.25, 0.3) is 10.9 Å². The predicted octanol–water partition coefficient (Wildman–Crippen LogP) is 0.742. The summed E-state index contributed by atoms with van der Waals surface area (Å²) in [5.74, 6) is 0.554. The van der Waals surface area contributed by atoms with Crippen LogP contribution in [0.1, 0.15) is 10.4 Å². The minimum absolute atomic E-state index is 0.397. The molecule has 0 saturated heterocycles. The lowest BCUT2D eigenvalue weighted by atomic mass is 10.2. The number of aromatic nitrogens is 1. The highest BCUT2D eigenvalue weighted by atomic mass is 16.1.